The molecule has 0 radical (unpaired) electrons. The number of nitro groups is 1. The lowest BCUT2D eigenvalue weighted by Gasteiger charge is -2.21. The number of non-ortho nitro benzene ring substituents is 1. The molecule has 7 nitrogen and oxygen atoms in total. The van der Waals surface area contributed by atoms with Gasteiger partial charge in [-0.1, -0.05) is 29.5 Å². The number of aryl methyl sites for hydroxylation is 1. The van der Waals surface area contributed by atoms with Crippen LogP contribution >= 0.6 is 11.8 Å². The maximum Gasteiger partial charge on any atom is 0.299 e. The van der Waals surface area contributed by atoms with Gasteiger partial charge < -0.3 is 4.90 Å². The van der Waals surface area contributed by atoms with Crippen LogP contribution in [-0.2, 0) is 14.3 Å². The molecule has 0 aliphatic carbocycles. The summed E-state index contributed by atoms with van der Waals surface area (Å²) in [7, 11) is -2.25. The van der Waals surface area contributed by atoms with Crippen LogP contribution in [0.4, 0.5) is 11.4 Å². The monoisotopic (exact) mass is 366 g/mol. The van der Waals surface area contributed by atoms with Crippen LogP contribution in [0.15, 0.2) is 52.3 Å². The molecule has 1 atom stereocenters. The Labute approximate surface area is 143 Å². The predicted molar refractivity (Wildman–Crippen MR) is 90.6 cm³/mol. The van der Waals surface area contributed by atoms with E-state index in [-0.39, 0.29) is 10.6 Å². The highest BCUT2D eigenvalue weighted by molar-refractivity contribution is 8.01. The van der Waals surface area contributed by atoms with E-state index in [0.29, 0.717) is 10.6 Å². The van der Waals surface area contributed by atoms with Crippen molar-refractivity contribution in [1.29, 1.82) is 0 Å². The first-order chi connectivity index (χ1) is 11.3. The molecule has 0 saturated heterocycles. The fraction of sp³-hybridized carbons (Fsp3) is 0.200. The molecule has 24 heavy (non-hydrogen) atoms. The molecule has 9 heteroatoms. The number of nitro benzene ring substituents is 1. The average Bonchev–Trinajstić information content (AvgIpc) is 2.82. The van der Waals surface area contributed by atoms with Gasteiger partial charge in [0.25, 0.3) is 15.8 Å². The van der Waals surface area contributed by atoms with E-state index < -0.39 is 20.6 Å². The van der Waals surface area contributed by atoms with Crippen molar-refractivity contribution in [3.63, 3.8) is 0 Å². The molecule has 2 aromatic rings. The van der Waals surface area contributed by atoms with Crippen LogP contribution in [0.2, 0.25) is 0 Å². The highest BCUT2D eigenvalue weighted by Gasteiger charge is 2.34. The second-order valence-electron chi connectivity index (χ2n) is 5.31. The molecule has 1 aliphatic rings. The Kier molecular flexibility index (Phi) is 4.24. The van der Waals surface area contributed by atoms with Crippen molar-refractivity contribution in [2.24, 2.45) is 0 Å². The third kappa shape index (κ3) is 3.10. The van der Waals surface area contributed by atoms with Gasteiger partial charge in [-0.15, -0.1) is 0 Å². The van der Waals surface area contributed by atoms with Crippen molar-refractivity contribution in [3.05, 3.63) is 58.1 Å². The number of fused-ring (bicyclic) bond motifs is 1. The van der Waals surface area contributed by atoms with Crippen LogP contribution < -0.4 is 4.90 Å². The molecule has 1 unspecified atom stereocenters. The number of thioether (sulfide) groups is 1. The summed E-state index contributed by atoms with van der Waals surface area (Å²) >= 11 is 1.12. The summed E-state index contributed by atoms with van der Waals surface area (Å²) in [5.74, 6) is 0. The van der Waals surface area contributed by atoms with E-state index in [1.807, 2.05) is 6.92 Å². The minimum absolute atomic E-state index is 0.0447. The first-order valence-electron chi connectivity index (χ1n) is 6.96. The predicted octanol–water partition coefficient (Wildman–Crippen LogP) is 3.13. The second kappa shape index (κ2) is 6.08. The second-order valence-corrected chi connectivity index (χ2v) is 7.96. The van der Waals surface area contributed by atoms with Gasteiger partial charge in [-0.25, -0.2) is 4.18 Å². The minimum Gasteiger partial charge on any atom is -0.338 e. The van der Waals surface area contributed by atoms with Gasteiger partial charge in [0.05, 0.1) is 15.5 Å². The smallest absolute Gasteiger partial charge is 0.299 e. The summed E-state index contributed by atoms with van der Waals surface area (Å²) in [6.45, 7) is 1.86. The van der Waals surface area contributed by atoms with E-state index in [9.17, 15) is 18.5 Å². The summed E-state index contributed by atoms with van der Waals surface area (Å²) in [6.07, 6.45) is 0. The Bertz CT molecular complexity index is 897. The van der Waals surface area contributed by atoms with Gasteiger partial charge in [0.15, 0.2) is 0 Å². The van der Waals surface area contributed by atoms with E-state index in [1.54, 1.807) is 30.1 Å². The number of hydrogen-bond acceptors (Lipinski definition) is 7. The van der Waals surface area contributed by atoms with Gasteiger partial charge in [0, 0.05) is 24.1 Å². The highest BCUT2D eigenvalue weighted by Crippen LogP contribution is 2.45. The SMILES string of the molecule is Cc1ccc(S(=O)(=O)OC2Sc3cc([N+](=O)[O-])ccc3N2C)cc1. The zero-order chi connectivity index (χ0) is 17.5. The third-order valence-corrected chi connectivity index (χ3v) is 6.20. The Hall–Kier alpha value is -2.10. The fourth-order valence-electron chi connectivity index (χ4n) is 2.26. The van der Waals surface area contributed by atoms with Crippen molar-refractivity contribution in [2.45, 2.75) is 22.3 Å². The zero-order valence-corrected chi connectivity index (χ0v) is 14.5. The highest BCUT2D eigenvalue weighted by atomic mass is 32.2. The molecule has 0 bridgehead atoms. The van der Waals surface area contributed by atoms with E-state index in [4.69, 9.17) is 4.18 Å². The van der Waals surface area contributed by atoms with Gasteiger partial charge in [0.2, 0.25) is 5.56 Å². The summed E-state index contributed by atoms with van der Waals surface area (Å²) < 4.78 is 30.1. The first-order valence-corrected chi connectivity index (χ1v) is 9.24. The number of rotatable bonds is 4. The molecule has 0 spiro atoms. The van der Waals surface area contributed by atoms with Crippen molar-refractivity contribution >= 4 is 33.3 Å². The van der Waals surface area contributed by atoms with Crippen LogP contribution in [-0.4, -0.2) is 25.9 Å². The van der Waals surface area contributed by atoms with E-state index in [1.165, 1.54) is 24.3 Å². The topological polar surface area (TPSA) is 89.8 Å². The number of nitrogens with zero attached hydrogens (tertiary/aromatic N) is 2. The van der Waals surface area contributed by atoms with Crippen LogP contribution in [0.3, 0.4) is 0 Å². The zero-order valence-electron chi connectivity index (χ0n) is 12.9. The largest absolute Gasteiger partial charge is 0.338 e. The molecule has 0 N–H and O–H groups in total. The third-order valence-electron chi connectivity index (χ3n) is 3.60. The molecule has 1 heterocycles. The summed E-state index contributed by atoms with van der Waals surface area (Å²) in [6, 6.07) is 10.7. The van der Waals surface area contributed by atoms with Gasteiger partial charge >= 0.3 is 0 Å². The molecule has 2 aromatic carbocycles. The molecule has 0 saturated carbocycles. The van der Waals surface area contributed by atoms with Crippen LogP contribution in [0.5, 0.6) is 0 Å². The normalized spacial score (nSPS) is 16.9. The quantitative estimate of drug-likeness (QED) is 0.466. The van der Waals surface area contributed by atoms with E-state index >= 15 is 0 Å². The average molecular weight is 366 g/mol. The standard InChI is InChI=1S/C15H14N2O5S2/c1-10-3-6-12(7-4-10)24(20,21)22-15-16(2)13-8-5-11(17(18)19)9-14(13)23-15/h3-9,15H,1-2H3. The van der Waals surface area contributed by atoms with Crippen LogP contribution in [0.25, 0.3) is 0 Å². The lowest BCUT2D eigenvalue weighted by molar-refractivity contribution is -0.385. The maximum atomic E-state index is 12.4. The van der Waals surface area contributed by atoms with Crippen molar-refractivity contribution < 1.29 is 17.5 Å². The molecule has 3 rings (SSSR count). The maximum absolute atomic E-state index is 12.4. The van der Waals surface area contributed by atoms with Crippen molar-refractivity contribution in [2.75, 3.05) is 11.9 Å². The molecule has 0 aromatic heterocycles. The minimum atomic E-state index is -3.93. The number of hydrogen-bond donors (Lipinski definition) is 0. The Morgan fingerprint density at radius 1 is 1.21 bits per heavy atom. The van der Waals surface area contributed by atoms with Crippen LogP contribution in [0.1, 0.15) is 5.56 Å². The first kappa shape index (κ1) is 16.7. The Balaban J connectivity index is 1.84. The van der Waals surface area contributed by atoms with Crippen LogP contribution in [0, 0.1) is 17.0 Å². The van der Waals surface area contributed by atoms with Gasteiger partial charge in [0.1, 0.15) is 0 Å². The molecular weight excluding hydrogens is 352 g/mol. The molecular formula is C15H14N2O5S2. The molecule has 1 aliphatic heterocycles. The van der Waals surface area contributed by atoms with E-state index in [0.717, 1.165) is 17.3 Å². The summed E-state index contributed by atoms with van der Waals surface area (Å²) in [5, 5.41) is 10.9. The summed E-state index contributed by atoms with van der Waals surface area (Å²) in [5.41, 5.74) is 0.778. The summed E-state index contributed by atoms with van der Waals surface area (Å²) in [4.78, 5) is 12.7. The number of anilines is 1. The fourth-order valence-corrected chi connectivity index (χ4v) is 4.66. The Morgan fingerprint density at radius 2 is 1.88 bits per heavy atom. The van der Waals surface area contributed by atoms with E-state index in [2.05, 4.69) is 0 Å². The lowest BCUT2D eigenvalue weighted by atomic mass is 10.2. The Morgan fingerprint density at radius 3 is 2.50 bits per heavy atom. The molecule has 0 fully saturated rings. The van der Waals surface area contributed by atoms with Gasteiger partial charge in [-0.2, -0.15) is 8.42 Å². The van der Waals surface area contributed by atoms with Crippen molar-refractivity contribution in [1.82, 2.24) is 0 Å². The lowest BCUT2D eigenvalue weighted by Crippen LogP contribution is -2.29. The van der Waals surface area contributed by atoms with Gasteiger partial charge in [-0.3, -0.25) is 10.1 Å². The van der Waals surface area contributed by atoms with Crippen molar-refractivity contribution in [3.8, 4) is 0 Å². The molecule has 126 valence electrons. The van der Waals surface area contributed by atoms with Gasteiger partial charge in [-0.05, 0) is 25.1 Å². The molecule has 0 amide bonds. The number of benzene rings is 2.